The lowest BCUT2D eigenvalue weighted by Gasteiger charge is -2.01. The first kappa shape index (κ1) is 11.7. The molecule has 94 valence electrons. The summed E-state index contributed by atoms with van der Waals surface area (Å²) < 4.78 is 5.29. The quantitative estimate of drug-likeness (QED) is 0.925. The summed E-state index contributed by atoms with van der Waals surface area (Å²) in [6.07, 6.45) is 2.91. The van der Waals surface area contributed by atoms with Crippen LogP contribution in [0, 0.1) is 0 Å². The fourth-order valence-corrected chi connectivity index (χ4v) is 2.29. The number of rotatable bonds is 3. The molecule has 1 N–H and O–H groups in total. The highest BCUT2D eigenvalue weighted by Crippen LogP contribution is 2.21. The van der Waals surface area contributed by atoms with E-state index in [9.17, 15) is 0 Å². The smallest absolute Gasteiger partial charge is 0.243 e. The monoisotopic (exact) mass is 263 g/mol. The van der Waals surface area contributed by atoms with Crippen molar-refractivity contribution in [1.82, 2.24) is 15.5 Å². The summed E-state index contributed by atoms with van der Waals surface area (Å²) in [5.41, 5.74) is 1.13. The van der Waals surface area contributed by atoms with Crippen LogP contribution >= 0.6 is 11.6 Å². The Balaban J connectivity index is 1.71. The second-order valence-electron chi connectivity index (χ2n) is 4.50. The molecule has 1 aromatic heterocycles. The van der Waals surface area contributed by atoms with Gasteiger partial charge >= 0.3 is 0 Å². The number of nitrogens with one attached hydrogen (secondary N) is 1. The Labute approximate surface area is 110 Å². The molecule has 1 fully saturated rings. The Morgan fingerprint density at radius 2 is 2.17 bits per heavy atom. The van der Waals surface area contributed by atoms with Crippen molar-refractivity contribution in [3.63, 3.8) is 0 Å². The molecule has 5 heteroatoms. The highest BCUT2D eigenvalue weighted by atomic mass is 35.5. The third-order valence-electron chi connectivity index (χ3n) is 3.12. The molecule has 2 aromatic rings. The van der Waals surface area contributed by atoms with Crippen molar-refractivity contribution in [2.24, 2.45) is 0 Å². The average molecular weight is 264 g/mol. The molecule has 1 aromatic carbocycles. The van der Waals surface area contributed by atoms with Crippen LogP contribution in [0.15, 0.2) is 28.8 Å². The van der Waals surface area contributed by atoms with Crippen molar-refractivity contribution in [2.45, 2.75) is 25.3 Å². The Kier molecular flexibility index (Phi) is 3.30. The second-order valence-corrected chi connectivity index (χ2v) is 4.94. The van der Waals surface area contributed by atoms with Crippen molar-refractivity contribution in [3.8, 4) is 0 Å². The molecule has 0 amide bonds. The van der Waals surface area contributed by atoms with Gasteiger partial charge < -0.3 is 9.84 Å². The van der Waals surface area contributed by atoms with E-state index in [1.54, 1.807) is 0 Å². The van der Waals surface area contributed by atoms with E-state index in [0.29, 0.717) is 12.3 Å². The molecule has 2 heterocycles. The lowest BCUT2D eigenvalue weighted by molar-refractivity contribution is 0.341. The molecular weight excluding hydrogens is 250 g/mol. The molecule has 0 aliphatic carbocycles. The molecule has 4 nitrogen and oxygen atoms in total. The van der Waals surface area contributed by atoms with Crippen molar-refractivity contribution >= 4 is 11.6 Å². The molecule has 0 radical (unpaired) electrons. The van der Waals surface area contributed by atoms with Gasteiger partial charge in [-0.1, -0.05) is 28.9 Å². The zero-order chi connectivity index (χ0) is 12.4. The molecule has 1 aliphatic heterocycles. The van der Waals surface area contributed by atoms with Gasteiger partial charge in [0.1, 0.15) is 0 Å². The SMILES string of the molecule is Clc1ccc(Cc2noc([C@H]3CCCN3)n2)cc1. The zero-order valence-electron chi connectivity index (χ0n) is 9.90. The molecule has 1 aliphatic rings. The number of benzene rings is 1. The predicted molar refractivity (Wildman–Crippen MR) is 68.5 cm³/mol. The fourth-order valence-electron chi connectivity index (χ4n) is 2.16. The predicted octanol–water partition coefficient (Wildman–Crippen LogP) is 2.74. The van der Waals surface area contributed by atoms with Crippen LogP contribution in [0.5, 0.6) is 0 Å². The van der Waals surface area contributed by atoms with Crippen LogP contribution in [0.2, 0.25) is 5.02 Å². The van der Waals surface area contributed by atoms with E-state index < -0.39 is 0 Å². The number of aromatic nitrogens is 2. The Bertz CT molecular complexity index is 517. The molecule has 18 heavy (non-hydrogen) atoms. The Morgan fingerprint density at radius 3 is 2.89 bits per heavy atom. The van der Waals surface area contributed by atoms with Crippen molar-refractivity contribution in [3.05, 3.63) is 46.6 Å². The van der Waals surface area contributed by atoms with Gasteiger partial charge in [-0.05, 0) is 37.1 Å². The second kappa shape index (κ2) is 5.08. The van der Waals surface area contributed by atoms with E-state index in [-0.39, 0.29) is 6.04 Å². The minimum Gasteiger partial charge on any atom is -0.338 e. The summed E-state index contributed by atoms with van der Waals surface area (Å²) in [6.45, 7) is 1.03. The van der Waals surface area contributed by atoms with Crippen molar-refractivity contribution in [2.75, 3.05) is 6.54 Å². The molecule has 0 saturated carbocycles. The summed E-state index contributed by atoms with van der Waals surface area (Å²) in [7, 11) is 0. The van der Waals surface area contributed by atoms with Gasteiger partial charge in [0, 0.05) is 11.4 Å². The van der Waals surface area contributed by atoms with Gasteiger partial charge in [-0.25, -0.2) is 0 Å². The maximum absolute atomic E-state index is 5.85. The lowest BCUT2D eigenvalue weighted by atomic mass is 10.1. The number of nitrogens with zero attached hydrogens (tertiary/aromatic N) is 2. The van der Waals surface area contributed by atoms with Crippen LogP contribution in [0.1, 0.15) is 36.2 Å². The average Bonchev–Trinajstić information content (AvgIpc) is 3.02. The van der Waals surface area contributed by atoms with E-state index in [1.807, 2.05) is 24.3 Å². The van der Waals surface area contributed by atoms with E-state index in [0.717, 1.165) is 29.4 Å². The van der Waals surface area contributed by atoms with Crippen molar-refractivity contribution < 1.29 is 4.52 Å². The largest absolute Gasteiger partial charge is 0.338 e. The molecule has 1 saturated heterocycles. The van der Waals surface area contributed by atoms with Gasteiger partial charge in [-0.3, -0.25) is 0 Å². The standard InChI is InChI=1S/C13H14ClN3O/c14-10-5-3-9(4-6-10)8-12-16-13(18-17-12)11-2-1-7-15-11/h3-6,11,15H,1-2,7-8H2/t11-/m1/s1. The minimum absolute atomic E-state index is 0.233. The zero-order valence-corrected chi connectivity index (χ0v) is 10.7. The molecule has 0 spiro atoms. The van der Waals surface area contributed by atoms with Crippen LogP contribution in [0.4, 0.5) is 0 Å². The fraction of sp³-hybridized carbons (Fsp3) is 0.385. The highest BCUT2D eigenvalue weighted by molar-refractivity contribution is 6.30. The van der Waals surface area contributed by atoms with Gasteiger partial charge in [-0.2, -0.15) is 4.98 Å². The van der Waals surface area contributed by atoms with Crippen LogP contribution in [-0.4, -0.2) is 16.7 Å². The van der Waals surface area contributed by atoms with Gasteiger partial charge in [0.2, 0.25) is 5.89 Å². The highest BCUT2D eigenvalue weighted by Gasteiger charge is 2.22. The summed E-state index contributed by atoms with van der Waals surface area (Å²) >= 11 is 5.85. The van der Waals surface area contributed by atoms with E-state index in [2.05, 4.69) is 15.5 Å². The summed E-state index contributed by atoms with van der Waals surface area (Å²) in [5.74, 6) is 1.43. The topological polar surface area (TPSA) is 51.0 Å². The summed E-state index contributed by atoms with van der Waals surface area (Å²) in [5, 5.41) is 8.10. The van der Waals surface area contributed by atoms with Crippen LogP contribution in [0.3, 0.4) is 0 Å². The molecule has 0 unspecified atom stereocenters. The van der Waals surface area contributed by atoms with Gasteiger partial charge in [0.25, 0.3) is 0 Å². The summed E-state index contributed by atoms with van der Waals surface area (Å²) in [4.78, 5) is 4.44. The first-order valence-electron chi connectivity index (χ1n) is 6.11. The first-order chi connectivity index (χ1) is 8.81. The molecule has 3 rings (SSSR count). The van der Waals surface area contributed by atoms with E-state index >= 15 is 0 Å². The van der Waals surface area contributed by atoms with Crippen molar-refractivity contribution in [1.29, 1.82) is 0 Å². The molecule has 1 atom stereocenters. The van der Waals surface area contributed by atoms with Gasteiger partial charge in [0.05, 0.1) is 6.04 Å². The third kappa shape index (κ3) is 2.54. The lowest BCUT2D eigenvalue weighted by Crippen LogP contribution is -2.13. The van der Waals surface area contributed by atoms with E-state index in [1.165, 1.54) is 6.42 Å². The summed E-state index contributed by atoms with van der Waals surface area (Å²) in [6, 6.07) is 7.93. The van der Waals surface area contributed by atoms with Crippen LogP contribution in [0.25, 0.3) is 0 Å². The third-order valence-corrected chi connectivity index (χ3v) is 3.37. The number of hydrogen-bond acceptors (Lipinski definition) is 4. The molecular formula is C13H14ClN3O. The van der Waals surface area contributed by atoms with E-state index in [4.69, 9.17) is 16.1 Å². The maximum Gasteiger partial charge on any atom is 0.243 e. The first-order valence-corrected chi connectivity index (χ1v) is 6.49. The Hall–Kier alpha value is -1.39. The van der Waals surface area contributed by atoms with Gasteiger partial charge in [0.15, 0.2) is 5.82 Å². The number of hydrogen-bond donors (Lipinski definition) is 1. The maximum atomic E-state index is 5.85. The number of halogens is 1. The Morgan fingerprint density at radius 1 is 1.33 bits per heavy atom. The normalized spacial score (nSPS) is 19.3. The van der Waals surface area contributed by atoms with Crippen LogP contribution < -0.4 is 5.32 Å². The van der Waals surface area contributed by atoms with Crippen LogP contribution in [-0.2, 0) is 6.42 Å². The minimum atomic E-state index is 0.233. The molecule has 0 bridgehead atoms. The van der Waals surface area contributed by atoms with Gasteiger partial charge in [-0.15, -0.1) is 0 Å².